The highest BCUT2D eigenvalue weighted by molar-refractivity contribution is 9.09. The lowest BCUT2D eigenvalue weighted by Crippen LogP contribution is -2.05. The topological polar surface area (TPSA) is 30.0 Å². The van der Waals surface area contributed by atoms with E-state index in [0.717, 1.165) is 12.3 Å². The molecule has 12 heavy (non-hydrogen) atoms. The van der Waals surface area contributed by atoms with Crippen molar-refractivity contribution in [2.45, 2.75) is 0 Å². The number of hydrogen-bond acceptors (Lipinski definition) is 2. The van der Waals surface area contributed by atoms with E-state index in [1.165, 1.54) is 0 Å². The quantitative estimate of drug-likeness (QED) is 0.446. The summed E-state index contributed by atoms with van der Waals surface area (Å²) in [5.41, 5.74) is -0.327. The van der Waals surface area contributed by atoms with Crippen LogP contribution >= 0.6 is 15.9 Å². The first-order valence-electron chi connectivity index (χ1n) is 3.05. The molecule has 0 amide bonds. The van der Waals surface area contributed by atoms with Crippen molar-refractivity contribution in [3.05, 3.63) is 29.6 Å². The Bertz CT molecular complexity index is 316. The van der Waals surface area contributed by atoms with Gasteiger partial charge in [0.25, 0.3) is 0 Å². The van der Waals surface area contributed by atoms with Crippen LogP contribution in [-0.2, 0) is 0 Å². The molecule has 0 fully saturated rings. The van der Waals surface area contributed by atoms with Gasteiger partial charge in [-0.25, -0.2) is 9.37 Å². The van der Waals surface area contributed by atoms with E-state index in [9.17, 15) is 13.6 Å². The van der Waals surface area contributed by atoms with Crippen molar-refractivity contribution in [3.63, 3.8) is 0 Å². The van der Waals surface area contributed by atoms with Crippen molar-refractivity contribution < 1.29 is 13.6 Å². The smallest absolute Gasteiger partial charge is 0.223 e. The Morgan fingerprint density at radius 1 is 1.58 bits per heavy atom. The van der Waals surface area contributed by atoms with Gasteiger partial charge in [0.15, 0.2) is 5.78 Å². The number of rotatable bonds is 2. The predicted molar refractivity (Wildman–Crippen MR) is 42.3 cm³/mol. The Labute approximate surface area is 75.7 Å². The lowest BCUT2D eigenvalue weighted by molar-refractivity contribution is 0.101. The van der Waals surface area contributed by atoms with Crippen molar-refractivity contribution >= 4 is 21.7 Å². The molecule has 0 aliphatic rings. The third-order valence-corrected chi connectivity index (χ3v) is 1.74. The summed E-state index contributed by atoms with van der Waals surface area (Å²) in [5, 5.41) is -0.0466. The van der Waals surface area contributed by atoms with Gasteiger partial charge in [-0.3, -0.25) is 4.79 Å². The normalized spacial score (nSPS) is 9.92. The number of Topliss-reactive ketones (excluding diaryl/α,β-unsaturated/α-hetero) is 1. The molecule has 0 aliphatic heterocycles. The van der Waals surface area contributed by atoms with Crippen LogP contribution in [0.2, 0.25) is 0 Å². The highest BCUT2D eigenvalue weighted by Gasteiger charge is 2.12. The molecular weight excluding hydrogens is 232 g/mol. The molecule has 0 atom stereocenters. The molecule has 0 saturated heterocycles. The van der Waals surface area contributed by atoms with Crippen LogP contribution in [0.3, 0.4) is 0 Å². The van der Waals surface area contributed by atoms with Crippen molar-refractivity contribution in [1.82, 2.24) is 4.98 Å². The third kappa shape index (κ3) is 1.85. The fraction of sp³-hybridized carbons (Fsp3) is 0.143. The lowest BCUT2D eigenvalue weighted by atomic mass is 10.2. The number of pyridine rings is 1. The molecule has 64 valence electrons. The number of nitrogens with zero attached hydrogens (tertiary/aromatic N) is 1. The van der Waals surface area contributed by atoms with E-state index < -0.39 is 17.5 Å². The van der Waals surface area contributed by atoms with E-state index in [1.54, 1.807) is 0 Å². The summed E-state index contributed by atoms with van der Waals surface area (Å²) in [6.07, 6.45) is 0.723. The predicted octanol–water partition coefficient (Wildman–Crippen LogP) is 1.94. The van der Waals surface area contributed by atoms with Crippen LogP contribution in [-0.4, -0.2) is 16.1 Å². The van der Waals surface area contributed by atoms with Gasteiger partial charge in [0.05, 0.1) is 17.1 Å². The summed E-state index contributed by atoms with van der Waals surface area (Å²) in [5.74, 6) is -2.19. The summed E-state index contributed by atoms with van der Waals surface area (Å²) >= 11 is 2.84. The van der Waals surface area contributed by atoms with Crippen LogP contribution in [0.25, 0.3) is 0 Å². The summed E-state index contributed by atoms with van der Waals surface area (Å²) in [6.45, 7) is 0. The van der Waals surface area contributed by atoms with Crippen LogP contribution in [0.1, 0.15) is 10.4 Å². The molecule has 2 nitrogen and oxygen atoms in total. The van der Waals surface area contributed by atoms with Gasteiger partial charge in [0.1, 0.15) is 5.82 Å². The minimum atomic E-state index is -0.944. The molecule has 0 spiro atoms. The first kappa shape index (κ1) is 9.25. The van der Waals surface area contributed by atoms with Gasteiger partial charge >= 0.3 is 0 Å². The molecule has 0 bridgehead atoms. The van der Waals surface area contributed by atoms with Crippen molar-refractivity contribution in [1.29, 1.82) is 0 Å². The average Bonchev–Trinajstić information content (AvgIpc) is 2.08. The first-order valence-corrected chi connectivity index (χ1v) is 4.17. The van der Waals surface area contributed by atoms with Crippen molar-refractivity contribution in [2.75, 3.05) is 5.33 Å². The Balaban J connectivity index is 3.13. The SMILES string of the molecule is O=C(CBr)c1cc(F)cnc1F. The van der Waals surface area contributed by atoms with E-state index in [1.807, 2.05) is 0 Å². The van der Waals surface area contributed by atoms with Crippen LogP contribution in [0.15, 0.2) is 12.3 Å². The number of hydrogen-bond donors (Lipinski definition) is 0. The number of carbonyl (C=O) groups excluding carboxylic acids is 1. The fourth-order valence-electron chi connectivity index (χ4n) is 0.690. The van der Waals surface area contributed by atoms with Gasteiger partial charge in [-0.2, -0.15) is 4.39 Å². The maximum Gasteiger partial charge on any atom is 0.223 e. The Kier molecular flexibility index (Phi) is 2.86. The molecule has 0 unspecified atom stereocenters. The number of ketones is 1. The largest absolute Gasteiger partial charge is 0.293 e. The van der Waals surface area contributed by atoms with Crippen LogP contribution in [0.5, 0.6) is 0 Å². The average molecular weight is 236 g/mol. The molecule has 5 heteroatoms. The molecular formula is C7H4BrF2NO. The fourth-order valence-corrected chi connectivity index (χ4v) is 0.992. The standard InChI is InChI=1S/C7H4BrF2NO/c8-2-6(12)5-1-4(9)3-11-7(5)10/h1,3H,2H2. The van der Waals surface area contributed by atoms with Gasteiger partial charge in [0, 0.05) is 0 Å². The van der Waals surface area contributed by atoms with Gasteiger partial charge < -0.3 is 0 Å². The number of alkyl halides is 1. The second-order valence-corrected chi connectivity index (χ2v) is 2.61. The third-order valence-electron chi connectivity index (χ3n) is 1.23. The Hall–Kier alpha value is -0.840. The molecule has 1 rings (SSSR count). The van der Waals surface area contributed by atoms with E-state index in [4.69, 9.17) is 0 Å². The number of aromatic nitrogens is 1. The minimum Gasteiger partial charge on any atom is -0.293 e. The number of carbonyl (C=O) groups is 1. The minimum absolute atomic E-state index is 0.0466. The zero-order valence-electron chi connectivity index (χ0n) is 5.85. The van der Waals surface area contributed by atoms with E-state index in [2.05, 4.69) is 20.9 Å². The Morgan fingerprint density at radius 2 is 2.25 bits per heavy atom. The van der Waals surface area contributed by atoms with Crippen LogP contribution in [0, 0.1) is 11.8 Å². The number of halogens is 3. The summed E-state index contributed by atoms with van der Waals surface area (Å²) in [4.78, 5) is 14.0. The second-order valence-electron chi connectivity index (χ2n) is 2.05. The Morgan fingerprint density at radius 3 is 2.83 bits per heavy atom. The maximum atomic E-state index is 12.7. The van der Waals surface area contributed by atoms with Crippen molar-refractivity contribution in [3.8, 4) is 0 Å². The molecule has 1 heterocycles. The molecule has 0 saturated carbocycles. The van der Waals surface area contributed by atoms with Crippen molar-refractivity contribution in [2.24, 2.45) is 0 Å². The maximum absolute atomic E-state index is 12.7. The second kappa shape index (κ2) is 3.71. The molecule has 0 aromatic carbocycles. The highest BCUT2D eigenvalue weighted by Crippen LogP contribution is 2.08. The molecule has 0 N–H and O–H groups in total. The summed E-state index contributed by atoms with van der Waals surface area (Å²) in [7, 11) is 0. The van der Waals surface area contributed by atoms with Gasteiger partial charge in [-0.15, -0.1) is 0 Å². The van der Waals surface area contributed by atoms with Gasteiger partial charge in [-0.1, -0.05) is 15.9 Å². The molecule has 0 radical (unpaired) electrons. The summed E-state index contributed by atoms with van der Waals surface area (Å²) in [6, 6.07) is 0.825. The van der Waals surface area contributed by atoms with Gasteiger partial charge in [-0.05, 0) is 6.07 Å². The lowest BCUT2D eigenvalue weighted by Gasteiger charge is -1.97. The van der Waals surface area contributed by atoms with Gasteiger partial charge in [0.2, 0.25) is 5.95 Å². The van der Waals surface area contributed by atoms with E-state index in [-0.39, 0.29) is 10.9 Å². The highest BCUT2D eigenvalue weighted by atomic mass is 79.9. The monoisotopic (exact) mass is 235 g/mol. The van der Waals surface area contributed by atoms with Crippen LogP contribution < -0.4 is 0 Å². The van der Waals surface area contributed by atoms with E-state index >= 15 is 0 Å². The van der Waals surface area contributed by atoms with E-state index in [0.29, 0.717) is 0 Å². The summed E-state index contributed by atoms with van der Waals surface area (Å²) < 4.78 is 25.1. The zero-order chi connectivity index (χ0) is 9.14. The molecule has 0 aliphatic carbocycles. The molecule has 1 aromatic rings. The zero-order valence-corrected chi connectivity index (χ0v) is 7.44. The first-order chi connectivity index (χ1) is 5.65. The molecule has 1 aromatic heterocycles. The van der Waals surface area contributed by atoms with Crippen LogP contribution in [0.4, 0.5) is 8.78 Å².